The van der Waals surface area contributed by atoms with E-state index < -0.39 is 0 Å². The lowest BCUT2D eigenvalue weighted by molar-refractivity contribution is -0.500. The van der Waals surface area contributed by atoms with Crippen LogP contribution in [0.4, 0.5) is 5.82 Å². The fraction of sp³-hybridized carbons (Fsp3) is 0.625. The van der Waals surface area contributed by atoms with Gasteiger partial charge in [-0.15, -0.1) is 0 Å². The lowest BCUT2D eigenvalue weighted by Crippen LogP contribution is -2.37. The van der Waals surface area contributed by atoms with Gasteiger partial charge >= 0.3 is 0 Å². The largest absolute Gasteiger partial charge is 0.624 e. The van der Waals surface area contributed by atoms with Crippen molar-refractivity contribution in [3.8, 4) is 0 Å². The van der Waals surface area contributed by atoms with E-state index in [9.17, 15) is 5.21 Å². The Hall–Kier alpha value is -1.62. The number of pyridine rings is 1. The summed E-state index contributed by atoms with van der Waals surface area (Å²) in [7, 11) is 0. The van der Waals surface area contributed by atoms with Crippen molar-refractivity contribution in [1.29, 1.82) is 0 Å². The lowest BCUT2D eigenvalue weighted by atomic mass is 9.96. The molecule has 3 rings (SSSR count). The van der Waals surface area contributed by atoms with Crippen LogP contribution >= 0.6 is 0 Å². The van der Waals surface area contributed by atoms with Crippen LogP contribution in [0.2, 0.25) is 0 Å². The minimum atomic E-state index is 0.136. The number of hydrogen-bond acceptors (Lipinski definition) is 4. The van der Waals surface area contributed by atoms with E-state index in [4.69, 9.17) is 4.74 Å². The van der Waals surface area contributed by atoms with Crippen LogP contribution in [-0.4, -0.2) is 48.3 Å². The second kappa shape index (κ2) is 6.89. The number of nitrogens with zero attached hydrogens (tertiary/aromatic N) is 3. The van der Waals surface area contributed by atoms with Crippen molar-refractivity contribution in [2.75, 3.05) is 31.2 Å². The molecule has 21 heavy (non-hydrogen) atoms. The van der Waals surface area contributed by atoms with Gasteiger partial charge in [-0.1, -0.05) is 6.42 Å². The van der Waals surface area contributed by atoms with Crippen LogP contribution in [0.1, 0.15) is 37.7 Å². The standard InChI is InChI=1S/C16H23N3O2/c20-19(15-6-2-1-3-7-15)13-14-5-4-8-17-16(14)18-9-11-21-12-10-18/h4-5,8,13,15H,1-3,6-7,9-12H2/b19-13-. The van der Waals surface area contributed by atoms with Crippen LogP contribution in [0.15, 0.2) is 18.3 Å². The van der Waals surface area contributed by atoms with Gasteiger partial charge in [0.1, 0.15) is 5.82 Å². The summed E-state index contributed by atoms with van der Waals surface area (Å²) < 4.78 is 6.54. The summed E-state index contributed by atoms with van der Waals surface area (Å²) in [6.45, 7) is 3.11. The first kappa shape index (κ1) is 14.3. The topological polar surface area (TPSA) is 51.4 Å². The predicted octanol–water partition coefficient (Wildman–Crippen LogP) is 2.18. The monoisotopic (exact) mass is 289 g/mol. The Bertz CT molecular complexity index is 492. The van der Waals surface area contributed by atoms with Gasteiger partial charge < -0.3 is 14.8 Å². The van der Waals surface area contributed by atoms with Crippen LogP contribution in [0, 0.1) is 5.21 Å². The molecule has 0 aromatic carbocycles. The quantitative estimate of drug-likeness (QED) is 0.370. The zero-order chi connectivity index (χ0) is 14.5. The number of anilines is 1. The highest BCUT2D eigenvalue weighted by Gasteiger charge is 2.21. The summed E-state index contributed by atoms with van der Waals surface area (Å²) in [5.41, 5.74) is 0.917. The molecule has 0 radical (unpaired) electrons. The predicted molar refractivity (Wildman–Crippen MR) is 82.9 cm³/mol. The van der Waals surface area contributed by atoms with Gasteiger partial charge in [0.25, 0.3) is 0 Å². The van der Waals surface area contributed by atoms with Crippen LogP contribution in [0.3, 0.4) is 0 Å². The highest BCUT2D eigenvalue weighted by atomic mass is 16.5. The van der Waals surface area contributed by atoms with Crippen molar-refractivity contribution < 1.29 is 9.48 Å². The fourth-order valence-corrected chi connectivity index (χ4v) is 3.13. The Balaban J connectivity index is 1.80. The van der Waals surface area contributed by atoms with Gasteiger partial charge in [0.2, 0.25) is 0 Å². The second-order valence-electron chi connectivity index (χ2n) is 5.80. The van der Waals surface area contributed by atoms with Crippen LogP contribution in [0.5, 0.6) is 0 Å². The highest BCUT2D eigenvalue weighted by molar-refractivity contribution is 5.83. The number of hydrogen-bond donors (Lipinski definition) is 0. The van der Waals surface area contributed by atoms with Gasteiger partial charge in [-0.05, 0) is 25.0 Å². The van der Waals surface area contributed by atoms with Crippen molar-refractivity contribution in [3.05, 3.63) is 29.1 Å². The molecule has 5 nitrogen and oxygen atoms in total. The first-order valence-electron chi connectivity index (χ1n) is 7.92. The summed E-state index contributed by atoms with van der Waals surface area (Å²) >= 11 is 0. The van der Waals surface area contributed by atoms with E-state index in [2.05, 4.69) is 9.88 Å². The summed E-state index contributed by atoms with van der Waals surface area (Å²) in [5.74, 6) is 0.900. The zero-order valence-corrected chi connectivity index (χ0v) is 12.4. The number of morpholine rings is 1. The average Bonchev–Trinajstić information content (AvgIpc) is 2.57. The molecule has 114 valence electrons. The molecular formula is C16H23N3O2. The minimum Gasteiger partial charge on any atom is -0.624 e. The van der Waals surface area contributed by atoms with Gasteiger partial charge in [-0.25, -0.2) is 9.72 Å². The summed E-state index contributed by atoms with van der Waals surface area (Å²) in [6.07, 6.45) is 9.13. The Morgan fingerprint density at radius 1 is 1.24 bits per heavy atom. The van der Waals surface area contributed by atoms with E-state index in [1.54, 1.807) is 12.4 Å². The molecule has 0 spiro atoms. The van der Waals surface area contributed by atoms with Crippen molar-refractivity contribution >= 4 is 12.0 Å². The molecule has 5 heteroatoms. The molecule has 0 bridgehead atoms. The van der Waals surface area contributed by atoms with Crippen molar-refractivity contribution in [2.45, 2.75) is 38.1 Å². The molecule has 0 unspecified atom stereocenters. The molecule has 2 fully saturated rings. The van der Waals surface area contributed by atoms with Crippen LogP contribution in [0.25, 0.3) is 0 Å². The van der Waals surface area contributed by atoms with E-state index in [-0.39, 0.29) is 6.04 Å². The smallest absolute Gasteiger partial charge is 0.185 e. The Morgan fingerprint density at radius 2 is 2.00 bits per heavy atom. The molecular weight excluding hydrogens is 266 g/mol. The molecule has 0 amide bonds. The maximum absolute atomic E-state index is 12.4. The Morgan fingerprint density at radius 3 is 2.76 bits per heavy atom. The molecule has 1 aliphatic heterocycles. The van der Waals surface area contributed by atoms with Crippen molar-refractivity contribution in [3.63, 3.8) is 0 Å². The molecule has 0 atom stereocenters. The molecule has 1 saturated heterocycles. The molecule has 1 aliphatic carbocycles. The SMILES string of the molecule is [O-]/[N+](=C\c1cccnc1N1CCOCC1)C1CCCCC1. The molecule has 2 heterocycles. The van der Waals surface area contributed by atoms with E-state index >= 15 is 0 Å². The van der Waals surface area contributed by atoms with Gasteiger partial charge in [0.15, 0.2) is 12.3 Å². The fourth-order valence-electron chi connectivity index (χ4n) is 3.13. The minimum absolute atomic E-state index is 0.136. The first-order valence-corrected chi connectivity index (χ1v) is 7.92. The zero-order valence-electron chi connectivity index (χ0n) is 12.4. The van der Waals surface area contributed by atoms with Gasteiger partial charge in [-0.3, -0.25) is 0 Å². The number of rotatable bonds is 3. The molecule has 0 N–H and O–H groups in total. The maximum Gasteiger partial charge on any atom is 0.185 e. The van der Waals surface area contributed by atoms with Gasteiger partial charge in [-0.2, -0.15) is 0 Å². The molecule has 1 saturated carbocycles. The third-order valence-electron chi connectivity index (χ3n) is 4.33. The number of aromatic nitrogens is 1. The molecule has 2 aliphatic rings. The van der Waals surface area contributed by atoms with Crippen LogP contribution < -0.4 is 4.90 Å². The summed E-state index contributed by atoms with van der Waals surface area (Å²) in [5, 5.41) is 12.4. The number of hydroxylamine groups is 1. The summed E-state index contributed by atoms with van der Waals surface area (Å²) in [6, 6.07) is 4.01. The third kappa shape index (κ3) is 3.53. The molecule has 1 aromatic rings. The normalized spacial score (nSPS) is 21.5. The van der Waals surface area contributed by atoms with E-state index in [0.717, 1.165) is 55.3 Å². The van der Waals surface area contributed by atoms with E-state index in [1.807, 2.05) is 12.1 Å². The van der Waals surface area contributed by atoms with E-state index in [0.29, 0.717) is 0 Å². The average molecular weight is 289 g/mol. The Labute approximate surface area is 125 Å². The first-order chi connectivity index (χ1) is 10.3. The van der Waals surface area contributed by atoms with Gasteiger partial charge in [0, 0.05) is 32.1 Å². The third-order valence-corrected chi connectivity index (χ3v) is 4.33. The maximum atomic E-state index is 12.4. The second-order valence-corrected chi connectivity index (χ2v) is 5.80. The highest BCUT2D eigenvalue weighted by Crippen LogP contribution is 2.21. The van der Waals surface area contributed by atoms with Crippen molar-refractivity contribution in [1.82, 2.24) is 4.98 Å². The van der Waals surface area contributed by atoms with Gasteiger partial charge in [0.05, 0.1) is 18.8 Å². The summed E-state index contributed by atoms with van der Waals surface area (Å²) in [4.78, 5) is 6.67. The van der Waals surface area contributed by atoms with Crippen LogP contribution in [-0.2, 0) is 4.74 Å². The van der Waals surface area contributed by atoms with E-state index in [1.165, 1.54) is 19.3 Å². The molecule has 1 aromatic heterocycles. The lowest BCUT2D eigenvalue weighted by Gasteiger charge is -2.28. The number of ether oxygens (including phenoxy) is 1. The van der Waals surface area contributed by atoms with Crippen molar-refractivity contribution in [2.24, 2.45) is 0 Å². The Kier molecular flexibility index (Phi) is 4.70.